The Hall–Kier alpha value is -1.65. The van der Waals surface area contributed by atoms with Crippen molar-refractivity contribution in [2.75, 3.05) is 6.54 Å². The standard InChI is InChI=1S/C17H20N2OS/c1-11-6-7-16(21-11)12(2)19-17(20)15-5-3-4-13-10-18-9-8-14(13)15/h3-7,12,18H,8-10H2,1-2H3,(H,19,20). The Kier molecular flexibility index (Phi) is 4.08. The summed E-state index contributed by atoms with van der Waals surface area (Å²) in [6.45, 7) is 5.93. The molecular weight excluding hydrogens is 280 g/mol. The molecule has 1 unspecified atom stereocenters. The lowest BCUT2D eigenvalue weighted by atomic mass is 9.95. The van der Waals surface area contributed by atoms with Crippen molar-refractivity contribution in [2.24, 2.45) is 0 Å². The number of carbonyl (C=O) groups excluding carboxylic acids is 1. The summed E-state index contributed by atoms with van der Waals surface area (Å²) in [4.78, 5) is 15.1. The van der Waals surface area contributed by atoms with Gasteiger partial charge in [-0.25, -0.2) is 0 Å². The molecular formula is C17H20N2OS. The lowest BCUT2D eigenvalue weighted by Gasteiger charge is -2.21. The monoisotopic (exact) mass is 300 g/mol. The molecule has 1 amide bonds. The van der Waals surface area contributed by atoms with Gasteiger partial charge in [-0.2, -0.15) is 0 Å². The van der Waals surface area contributed by atoms with Crippen LogP contribution in [0.25, 0.3) is 0 Å². The third-order valence-corrected chi connectivity index (χ3v) is 5.10. The summed E-state index contributed by atoms with van der Waals surface area (Å²) in [7, 11) is 0. The number of aryl methyl sites for hydroxylation is 1. The highest BCUT2D eigenvalue weighted by molar-refractivity contribution is 7.12. The van der Waals surface area contributed by atoms with Gasteiger partial charge in [-0.15, -0.1) is 11.3 Å². The first-order valence-corrected chi connectivity index (χ1v) is 8.15. The molecule has 1 atom stereocenters. The number of thiophene rings is 1. The van der Waals surface area contributed by atoms with Gasteiger partial charge in [0.25, 0.3) is 5.91 Å². The quantitative estimate of drug-likeness (QED) is 0.914. The van der Waals surface area contributed by atoms with Gasteiger partial charge >= 0.3 is 0 Å². The van der Waals surface area contributed by atoms with Crippen LogP contribution in [0.5, 0.6) is 0 Å². The Morgan fingerprint density at radius 3 is 2.95 bits per heavy atom. The largest absolute Gasteiger partial charge is 0.345 e. The van der Waals surface area contributed by atoms with E-state index in [4.69, 9.17) is 0 Å². The van der Waals surface area contributed by atoms with Crippen LogP contribution in [0.4, 0.5) is 0 Å². The van der Waals surface area contributed by atoms with E-state index in [2.05, 4.69) is 35.8 Å². The molecule has 2 aromatic rings. The average Bonchev–Trinajstić information content (AvgIpc) is 2.93. The SMILES string of the molecule is Cc1ccc(C(C)NC(=O)c2cccc3c2CCNC3)s1. The molecule has 0 bridgehead atoms. The fourth-order valence-electron chi connectivity index (χ4n) is 2.78. The minimum absolute atomic E-state index is 0.0345. The van der Waals surface area contributed by atoms with E-state index in [1.807, 2.05) is 19.1 Å². The smallest absolute Gasteiger partial charge is 0.252 e. The summed E-state index contributed by atoms with van der Waals surface area (Å²) in [5.74, 6) is 0.0345. The molecule has 3 nitrogen and oxygen atoms in total. The maximum atomic E-state index is 12.6. The van der Waals surface area contributed by atoms with Gasteiger partial charge in [-0.3, -0.25) is 4.79 Å². The van der Waals surface area contributed by atoms with E-state index in [0.29, 0.717) is 0 Å². The van der Waals surface area contributed by atoms with Gasteiger partial charge in [0.2, 0.25) is 0 Å². The van der Waals surface area contributed by atoms with Crippen LogP contribution in [0.1, 0.15) is 44.2 Å². The predicted molar refractivity (Wildman–Crippen MR) is 86.8 cm³/mol. The van der Waals surface area contributed by atoms with E-state index in [-0.39, 0.29) is 11.9 Å². The average molecular weight is 300 g/mol. The Morgan fingerprint density at radius 1 is 1.33 bits per heavy atom. The number of fused-ring (bicyclic) bond motifs is 1. The molecule has 2 heterocycles. The molecule has 0 saturated carbocycles. The van der Waals surface area contributed by atoms with Gasteiger partial charge < -0.3 is 10.6 Å². The second-order valence-corrected chi connectivity index (χ2v) is 6.83. The van der Waals surface area contributed by atoms with Crippen LogP contribution in [0.15, 0.2) is 30.3 Å². The van der Waals surface area contributed by atoms with Crippen molar-refractivity contribution in [3.63, 3.8) is 0 Å². The first kappa shape index (κ1) is 14.3. The van der Waals surface area contributed by atoms with Crippen LogP contribution >= 0.6 is 11.3 Å². The van der Waals surface area contributed by atoms with E-state index in [1.54, 1.807) is 11.3 Å². The Bertz CT molecular complexity index is 663. The molecule has 1 aromatic carbocycles. The molecule has 0 radical (unpaired) electrons. The maximum Gasteiger partial charge on any atom is 0.252 e. The van der Waals surface area contributed by atoms with Gasteiger partial charge in [0.05, 0.1) is 6.04 Å². The molecule has 4 heteroatoms. The number of hydrogen-bond acceptors (Lipinski definition) is 3. The van der Waals surface area contributed by atoms with Crippen LogP contribution in [0.3, 0.4) is 0 Å². The fraction of sp³-hybridized carbons (Fsp3) is 0.353. The van der Waals surface area contributed by atoms with Gasteiger partial charge in [0.15, 0.2) is 0 Å². The van der Waals surface area contributed by atoms with E-state index >= 15 is 0 Å². The van der Waals surface area contributed by atoms with Crippen molar-refractivity contribution in [1.29, 1.82) is 0 Å². The summed E-state index contributed by atoms with van der Waals surface area (Å²) < 4.78 is 0. The minimum Gasteiger partial charge on any atom is -0.345 e. The third-order valence-electron chi connectivity index (χ3n) is 3.92. The van der Waals surface area contributed by atoms with E-state index in [1.165, 1.54) is 20.9 Å². The molecule has 3 rings (SSSR count). The third kappa shape index (κ3) is 3.01. The van der Waals surface area contributed by atoms with Crippen LogP contribution in [-0.2, 0) is 13.0 Å². The number of carbonyl (C=O) groups is 1. The lowest BCUT2D eigenvalue weighted by Crippen LogP contribution is -2.30. The van der Waals surface area contributed by atoms with Crippen LogP contribution < -0.4 is 10.6 Å². The molecule has 0 fully saturated rings. The number of hydrogen-bond donors (Lipinski definition) is 2. The molecule has 110 valence electrons. The van der Waals surface area contributed by atoms with E-state index in [0.717, 1.165) is 25.1 Å². The van der Waals surface area contributed by atoms with Crippen molar-refractivity contribution in [1.82, 2.24) is 10.6 Å². The van der Waals surface area contributed by atoms with Crippen molar-refractivity contribution >= 4 is 17.2 Å². The number of nitrogens with one attached hydrogen (secondary N) is 2. The highest BCUT2D eigenvalue weighted by Gasteiger charge is 2.19. The van der Waals surface area contributed by atoms with Gasteiger partial charge in [0, 0.05) is 21.9 Å². The molecule has 2 N–H and O–H groups in total. The molecule has 0 saturated heterocycles. The molecule has 0 spiro atoms. The molecule has 1 aliphatic heterocycles. The molecule has 1 aromatic heterocycles. The zero-order valence-electron chi connectivity index (χ0n) is 12.4. The van der Waals surface area contributed by atoms with Gasteiger partial charge in [0.1, 0.15) is 0 Å². The lowest BCUT2D eigenvalue weighted by molar-refractivity contribution is 0.0939. The Labute approximate surface area is 129 Å². The summed E-state index contributed by atoms with van der Waals surface area (Å²) in [6.07, 6.45) is 0.922. The molecule has 1 aliphatic rings. The van der Waals surface area contributed by atoms with Crippen molar-refractivity contribution in [3.05, 3.63) is 56.8 Å². The minimum atomic E-state index is 0.0345. The number of benzene rings is 1. The van der Waals surface area contributed by atoms with Crippen LogP contribution in [0.2, 0.25) is 0 Å². The van der Waals surface area contributed by atoms with Crippen molar-refractivity contribution in [2.45, 2.75) is 32.9 Å². The number of amides is 1. The van der Waals surface area contributed by atoms with Crippen molar-refractivity contribution in [3.8, 4) is 0 Å². The van der Waals surface area contributed by atoms with E-state index < -0.39 is 0 Å². The second kappa shape index (κ2) is 6.00. The van der Waals surface area contributed by atoms with Gasteiger partial charge in [-0.1, -0.05) is 12.1 Å². The zero-order chi connectivity index (χ0) is 14.8. The highest BCUT2D eigenvalue weighted by Crippen LogP contribution is 2.24. The summed E-state index contributed by atoms with van der Waals surface area (Å²) >= 11 is 1.74. The van der Waals surface area contributed by atoms with Crippen LogP contribution in [-0.4, -0.2) is 12.5 Å². The Balaban J connectivity index is 1.79. The summed E-state index contributed by atoms with van der Waals surface area (Å²) in [5, 5.41) is 6.47. The molecule has 0 aliphatic carbocycles. The first-order chi connectivity index (χ1) is 10.1. The predicted octanol–water partition coefficient (Wildman–Crippen LogP) is 3.19. The fourth-order valence-corrected chi connectivity index (χ4v) is 3.66. The van der Waals surface area contributed by atoms with E-state index in [9.17, 15) is 4.79 Å². The molecule has 21 heavy (non-hydrogen) atoms. The number of rotatable bonds is 3. The zero-order valence-corrected chi connectivity index (χ0v) is 13.2. The highest BCUT2D eigenvalue weighted by atomic mass is 32.1. The van der Waals surface area contributed by atoms with Crippen LogP contribution in [0, 0.1) is 6.92 Å². The second-order valence-electron chi connectivity index (χ2n) is 5.51. The normalized spacial score (nSPS) is 15.3. The topological polar surface area (TPSA) is 41.1 Å². The maximum absolute atomic E-state index is 12.6. The van der Waals surface area contributed by atoms with Crippen molar-refractivity contribution < 1.29 is 4.79 Å². The van der Waals surface area contributed by atoms with Gasteiger partial charge in [-0.05, 0) is 56.1 Å². The Morgan fingerprint density at radius 2 is 2.19 bits per heavy atom. The summed E-state index contributed by atoms with van der Waals surface area (Å²) in [5.41, 5.74) is 3.27. The first-order valence-electron chi connectivity index (χ1n) is 7.34. The summed E-state index contributed by atoms with van der Waals surface area (Å²) in [6, 6.07) is 10.2.